The van der Waals surface area contributed by atoms with Gasteiger partial charge in [0.1, 0.15) is 0 Å². The summed E-state index contributed by atoms with van der Waals surface area (Å²) in [6, 6.07) is 0. The van der Waals surface area contributed by atoms with E-state index in [4.69, 9.17) is 4.74 Å². The van der Waals surface area contributed by atoms with E-state index in [1.165, 1.54) is 135 Å². The van der Waals surface area contributed by atoms with Gasteiger partial charge in [-0.3, -0.25) is 4.79 Å². The van der Waals surface area contributed by atoms with Gasteiger partial charge in [-0.2, -0.15) is 0 Å². The fraction of sp³-hybridized carbons (Fsp3) is 0.885. The summed E-state index contributed by atoms with van der Waals surface area (Å²) in [5.74, 6) is -0.152. The lowest BCUT2D eigenvalue weighted by Gasteiger charge is -2.04. The minimum Gasteiger partial charge on any atom is -0.466 e. The predicted molar refractivity (Wildman–Crippen MR) is 124 cm³/mol. The molecule has 0 heterocycles. The van der Waals surface area contributed by atoms with Crippen molar-refractivity contribution in [2.45, 2.75) is 142 Å². The Morgan fingerprint density at radius 1 is 0.571 bits per heavy atom. The molecule has 0 aliphatic heterocycles. The van der Waals surface area contributed by atoms with Crippen LogP contribution in [0.1, 0.15) is 142 Å². The summed E-state index contributed by atoms with van der Waals surface area (Å²) < 4.78 is 4.94. The first-order chi connectivity index (χ1) is 13.8. The molecule has 0 aliphatic carbocycles. The summed E-state index contributed by atoms with van der Waals surface area (Å²) in [5, 5.41) is 0. The van der Waals surface area contributed by atoms with Crippen LogP contribution in [0.25, 0.3) is 0 Å². The molecule has 28 heavy (non-hydrogen) atoms. The third kappa shape index (κ3) is 25.2. The highest BCUT2D eigenvalue weighted by atomic mass is 16.5. The van der Waals surface area contributed by atoms with Crippen LogP contribution in [0, 0.1) is 0 Å². The zero-order valence-corrected chi connectivity index (χ0v) is 19.2. The summed E-state index contributed by atoms with van der Waals surface area (Å²) in [6.45, 7) is 5.86. The first-order valence-electron chi connectivity index (χ1n) is 12.5. The Labute approximate surface area is 176 Å². The number of rotatable bonds is 23. The highest BCUT2D eigenvalue weighted by Crippen LogP contribution is 2.15. The normalized spacial score (nSPS) is 10.9. The monoisotopic (exact) mass is 394 g/mol. The van der Waals surface area contributed by atoms with Gasteiger partial charge in [-0.15, -0.1) is 6.58 Å². The molecular weight excluding hydrogens is 344 g/mol. The van der Waals surface area contributed by atoms with Crippen molar-refractivity contribution < 1.29 is 9.53 Å². The summed E-state index contributed by atoms with van der Waals surface area (Å²) in [7, 11) is 0. The van der Waals surface area contributed by atoms with E-state index in [1.807, 2.05) is 6.08 Å². The van der Waals surface area contributed by atoms with Gasteiger partial charge in [-0.05, 0) is 19.3 Å². The largest absolute Gasteiger partial charge is 0.466 e. The summed E-state index contributed by atoms with van der Waals surface area (Å²) in [5.41, 5.74) is 0. The van der Waals surface area contributed by atoms with Crippen LogP contribution in [-0.4, -0.2) is 12.6 Å². The molecule has 0 aromatic carbocycles. The van der Waals surface area contributed by atoms with Gasteiger partial charge in [-0.25, -0.2) is 0 Å². The zero-order valence-electron chi connectivity index (χ0n) is 19.2. The molecule has 0 fully saturated rings. The summed E-state index contributed by atoms with van der Waals surface area (Å²) in [6.07, 6.45) is 30.9. The van der Waals surface area contributed by atoms with Gasteiger partial charge < -0.3 is 4.74 Å². The molecular formula is C26H50O2. The highest BCUT2D eigenvalue weighted by Gasteiger charge is 1.96. The maximum Gasteiger partial charge on any atom is 0.302 e. The Bertz CT molecular complexity index is 324. The van der Waals surface area contributed by atoms with E-state index < -0.39 is 0 Å². The Morgan fingerprint density at radius 3 is 1.14 bits per heavy atom. The van der Waals surface area contributed by atoms with Gasteiger partial charge in [0.25, 0.3) is 0 Å². The maximum absolute atomic E-state index is 10.6. The molecule has 0 aromatic heterocycles. The van der Waals surface area contributed by atoms with Crippen molar-refractivity contribution in [3.8, 4) is 0 Å². The van der Waals surface area contributed by atoms with Crippen LogP contribution in [-0.2, 0) is 9.53 Å². The van der Waals surface area contributed by atoms with E-state index in [1.54, 1.807) is 0 Å². The first-order valence-corrected chi connectivity index (χ1v) is 12.5. The van der Waals surface area contributed by atoms with Crippen LogP contribution in [0.5, 0.6) is 0 Å². The summed E-state index contributed by atoms with van der Waals surface area (Å²) >= 11 is 0. The average molecular weight is 395 g/mol. The lowest BCUT2D eigenvalue weighted by molar-refractivity contribution is -0.141. The molecule has 0 radical (unpaired) electrons. The molecule has 0 amide bonds. The lowest BCUT2D eigenvalue weighted by atomic mass is 10.0. The van der Waals surface area contributed by atoms with Gasteiger partial charge >= 0.3 is 5.97 Å². The second-order valence-electron chi connectivity index (χ2n) is 8.49. The lowest BCUT2D eigenvalue weighted by Crippen LogP contribution is -2.00. The topological polar surface area (TPSA) is 26.3 Å². The Balaban J connectivity index is 2.99. The molecule has 0 aliphatic rings. The molecule has 0 aromatic rings. The number of unbranched alkanes of at least 4 members (excludes halogenated alkanes) is 20. The molecule has 166 valence electrons. The van der Waals surface area contributed by atoms with Crippen LogP contribution in [0.4, 0.5) is 0 Å². The van der Waals surface area contributed by atoms with Crippen molar-refractivity contribution in [2.75, 3.05) is 6.61 Å². The fourth-order valence-corrected chi connectivity index (χ4v) is 3.79. The molecule has 0 N–H and O–H groups in total. The van der Waals surface area contributed by atoms with Crippen molar-refractivity contribution in [1.82, 2.24) is 0 Å². The first kappa shape index (κ1) is 27.2. The van der Waals surface area contributed by atoms with E-state index in [9.17, 15) is 4.79 Å². The van der Waals surface area contributed by atoms with E-state index >= 15 is 0 Å². The second-order valence-corrected chi connectivity index (χ2v) is 8.49. The highest BCUT2D eigenvalue weighted by molar-refractivity contribution is 5.65. The second kappa shape index (κ2) is 24.2. The van der Waals surface area contributed by atoms with Crippen LogP contribution in [0.2, 0.25) is 0 Å². The van der Waals surface area contributed by atoms with Gasteiger partial charge in [-0.1, -0.05) is 122 Å². The maximum atomic E-state index is 10.6. The van der Waals surface area contributed by atoms with Crippen LogP contribution in [0.15, 0.2) is 12.7 Å². The molecule has 0 atom stereocenters. The van der Waals surface area contributed by atoms with Crippen molar-refractivity contribution in [3.05, 3.63) is 12.7 Å². The molecule has 0 saturated carbocycles. The Hall–Kier alpha value is -0.790. The standard InChI is InChI=1S/C26H50O2/c1-3-4-5-6-7-8-9-10-11-12-13-14-15-16-17-18-19-20-21-22-23-24-25-28-26(2)27/h3H,1,4-25H2,2H3. The predicted octanol–water partition coefficient (Wildman–Crippen LogP) is 8.93. The number of ether oxygens (including phenoxy) is 1. The number of carbonyl (C=O) groups excluding carboxylic acids is 1. The van der Waals surface area contributed by atoms with E-state index in [0.717, 1.165) is 6.42 Å². The molecule has 0 spiro atoms. The minimum absolute atomic E-state index is 0.152. The quantitative estimate of drug-likeness (QED) is 0.0981. The van der Waals surface area contributed by atoms with Gasteiger partial charge in [0, 0.05) is 6.92 Å². The van der Waals surface area contributed by atoms with Crippen LogP contribution in [0.3, 0.4) is 0 Å². The Kier molecular flexibility index (Phi) is 23.6. The molecule has 0 bridgehead atoms. The average Bonchev–Trinajstić information content (AvgIpc) is 2.68. The number of carbonyl (C=O) groups is 1. The summed E-state index contributed by atoms with van der Waals surface area (Å²) in [4.78, 5) is 10.6. The smallest absolute Gasteiger partial charge is 0.302 e. The van der Waals surface area contributed by atoms with Crippen molar-refractivity contribution in [3.63, 3.8) is 0 Å². The SMILES string of the molecule is C=CCCCCCCCCCCCCCCCCCCCCCCOC(C)=O. The van der Waals surface area contributed by atoms with E-state index in [2.05, 4.69) is 6.58 Å². The molecule has 0 rings (SSSR count). The van der Waals surface area contributed by atoms with Crippen LogP contribution >= 0.6 is 0 Å². The molecule has 2 heteroatoms. The number of hydrogen-bond acceptors (Lipinski definition) is 2. The van der Waals surface area contributed by atoms with E-state index in [0.29, 0.717) is 6.61 Å². The fourth-order valence-electron chi connectivity index (χ4n) is 3.79. The van der Waals surface area contributed by atoms with Gasteiger partial charge in [0.05, 0.1) is 6.61 Å². The van der Waals surface area contributed by atoms with Crippen LogP contribution < -0.4 is 0 Å². The molecule has 2 nitrogen and oxygen atoms in total. The van der Waals surface area contributed by atoms with Crippen molar-refractivity contribution in [1.29, 1.82) is 0 Å². The molecule has 0 unspecified atom stereocenters. The number of esters is 1. The third-order valence-corrected chi connectivity index (χ3v) is 5.61. The molecule has 0 saturated heterocycles. The van der Waals surface area contributed by atoms with Crippen molar-refractivity contribution >= 4 is 5.97 Å². The van der Waals surface area contributed by atoms with Crippen molar-refractivity contribution in [2.24, 2.45) is 0 Å². The van der Waals surface area contributed by atoms with Gasteiger partial charge in [0.2, 0.25) is 0 Å². The number of allylic oxidation sites excluding steroid dienone is 1. The number of hydrogen-bond donors (Lipinski definition) is 0. The Morgan fingerprint density at radius 2 is 0.857 bits per heavy atom. The van der Waals surface area contributed by atoms with E-state index in [-0.39, 0.29) is 5.97 Å². The zero-order chi connectivity index (χ0) is 20.5. The van der Waals surface area contributed by atoms with Gasteiger partial charge in [0.15, 0.2) is 0 Å². The minimum atomic E-state index is -0.152. The third-order valence-electron chi connectivity index (χ3n) is 5.61.